The zero-order valence-corrected chi connectivity index (χ0v) is 13.7. The Bertz CT molecular complexity index is 853. The highest BCUT2D eigenvalue weighted by Gasteiger charge is 2.12. The number of amides is 1. The average molecular weight is 364 g/mol. The molecule has 0 aliphatic carbocycles. The Labute approximate surface area is 147 Å². The predicted molar refractivity (Wildman–Crippen MR) is 90.3 cm³/mol. The maximum Gasteiger partial charge on any atom is 0.322 e. The molecule has 3 rings (SSSR count). The highest BCUT2D eigenvalue weighted by atomic mass is 35.5. The molecule has 0 radical (unpaired) electrons. The fourth-order valence-electron chi connectivity index (χ4n) is 1.86. The van der Waals surface area contributed by atoms with Crippen LogP contribution in [0, 0.1) is 0 Å². The summed E-state index contributed by atoms with van der Waals surface area (Å²) in [6.45, 7) is -0.260. The van der Waals surface area contributed by atoms with Crippen LogP contribution in [0.25, 0.3) is 11.5 Å². The number of aromatic nitrogens is 2. The molecule has 8 heteroatoms. The summed E-state index contributed by atoms with van der Waals surface area (Å²) in [5.74, 6) is 0.212. The largest absolute Gasteiger partial charge is 0.482 e. The summed E-state index contributed by atoms with van der Waals surface area (Å²) in [6.07, 6.45) is 0. The summed E-state index contributed by atoms with van der Waals surface area (Å²) in [4.78, 5) is 11.9. The Morgan fingerprint density at radius 3 is 2.67 bits per heavy atom. The van der Waals surface area contributed by atoms with E-state index in [9.17, 15) is 4.79 Å². The van der Waals surface area contributed by atoms with Crippen molar-refractivity contribution >= 4 is 35.1 Å². The van der Waals surface area contributed by atoms with Crippen molar-refractivity contribution in [1.29, 1.82) is 0 Å². The second-order valence-electron chi connectivity index (χ2n) is 4.69. The van der Waals surface area contributed by atoms with E-state index in [1.165, 1.54) is 6.07 Å². The van der Waals surface area contributed by atoms with Crippen molar-refractivity contribution in [2.45, 2.75) is 0 Å². The summed E-state index contributed by atoms with van der Waals surface area (Å²) >= 11 is 11.8. The van der Waals surface area contributed by atoms with Crippen LogP contribution >= 0.6 is 23.2 Å². The molecule has 3 aromatic rings. The molecular weight excluding hydrogens is 353 g/mol. The van der Waals surface area contributed by atoms with Gasteiger partial charge < -0.3 is 9.15 Å². The van der Waals surface area contributed by atoms with Gasteiger partial charge >= 0.3 is 6.01 Å². The van der Waals surface area contributed by atoms with E-state index in [0.717, 1.165) is 5.56 Å². The van der Waals surface area contributed by atoms with Crippen LogP contribution < -0.4 is 10.1 Å². The molecule has 0 fully saturated rings. The van der Waals surface area contributed by atoms with Gasteiger partial charge in [-0.15, -0.1) is 5.10 Å². The van der Waals surface area contributed by atoms with Gasteiger partial charge in [-0.25, -0.2) is 0 Å². The Morgan fingerprint density at radius 1 is 1.12 bits per heavy atom. The highest BCUT2D eigenvalue weighted by molar-refractivity contribution is 6.35. The Balaban J connectivity index is 1.58. The van der Waals surface area contributed by atoms with Gasteiger partial charge in [0, 0.05) is 10.6 Å². The summed E-state index contributed by atoms with van der Waals surface area (Å²) < 4.78 is 10.7. The van der Waals surface area contributed by atoms with Gasteiger partial charge in [0.15, 0.2) is 6.61 Å². The summed E-state index contributed by atoms with van der Waals surface area (Å²) in [7, 11) is 0. The predicted octanol–water partition coefficient (Wildman–Crippen LogP) is 4.06. The Morgan fingerprint density at radius 2 is 1.92 bits per heavy atom. The van der Waals surface area contributed by atoms with E-state index in [-0.39, 0.29) is 12.6 Å². The van der Waals surface area contributed by atoms with Crippen molar-refractivity contribution < 1.29 is 13.9 Å². The standard InChI is InChI=1S/C16H11Cl2N3O3/c17-11-6-7-13(12(18)8-11)23-9-14(22)19-16-21-20-15(24-16)10-4-2-1-3-5-10/h1-8H,9H2,(H,19,21,22). The van der Waals surface area contributed by atoms with Gasteiger partial charge in [-0.05, 0) is 30.3 Å². The number of halogens is 2. The number of ether oxygens (including phenoxy) is 1. The average Bonchev–Trinajstić information content (AvgIpc) is 3.03. The molecule has 0 aliphatic rings. The van der Waals surface area contributed by atoms with E-state index in [0.29, 0.717) is 21.7 Å². The minimum Gasteiger partial charge on any atom is -0.482 e. The number of benzene rings is 2. The minimum absolute atomic E-state index is 0.00958. The molecule has 24 heavy (non-hydrogen) atoms. The zero-order valence-electron chi connectivity index (χ0n) is 12.2. The van der Waals surface area contributed by atoms with Crippen LogP contribution in [0.4, 0.5) is 6.01 Å². The number of hydrogen-bond acceptors (Lipinski definition) is 5. The lowest BCUT2D eigenvalue weighted by Crippen LogP contribution is -2.20. The third-order valence-electron chi connectivity index (χ3n) is 2.94. The third kappa shape index (κ3) is 4.04. The van der Waals surface area contributed by atoms with Crippen molar-refractivity contribution in [2.24, 2.45) is 0 Å². The zero-order chi connectivity index (χ0) is 16.9. The molecule has 1 N–H and O–H groups in total. The van der Waals surface area contributed by atoms with Crippen LogP contribution in [0.15, 0.2) is 52.9 Å². The summed E-state index contributed by atoms with van der Waals surface area (Å²) in [5.41, 5.74) is 0.759. The SMILES string of the molecule is O=C(COc1ccc(Cl)cc1Cl)Nc1nnc(-c2ccccc2)o1. The second-order valence-corrected chi connectivity index (χ2v) is 5.53. The summed E-state index contributed by atoms with van der Waals surface area (Å²) in [5, 5.41) is 10.9. The van der Waals surface area contributed by atoms with Crippen molar-refractivity contribution in [3.05, 3.63) is 58.6 Å². The van der Waals surface area contributed by atoms with Gasteiger partial charge in [-0.3, -0.25) is 10.1 Å². The van der Waals surface area contributed by atoms with E-state index in [1.807, 2.05) is 30.3 Å². The first-order valence-electron chi connectivity index (χ1n) is 6.88. The number of nitrogens with one attached hydrogen (secondary N) is 1. The minimum atomic E-state index is -0.454. The molecule has 6 nitrogen and oxygen atoms in total. The monoisotopic (exact) mass is 363 g/mol. The quantitative estimate of drug-likeness (QED) is 0.739. The first-order valence-corrected chi connectivity index (χ1v) is 7.64. The molecular formula is C16H11Cl2N3O3. The van der Waals surface area contributed by atoms with Crippen LogP contribution in [0.1, 0.15) is 0 Å². The van der Waals surface area contributed by atoms with E-state index < -0.39 is 5.91 Å². The first kappa shape index (κ1) is 16.3. The number of hydrogen-bond donors (Lipinski definition) is 1. The molecule has 0 bridgehead atoms. The van der Waals surface area contributed by atoms with Gasteiger partial charge in [-0.1, -0.05) is 46.5 Å². The lowest BCUT2D eigenvalue weighted by Gasteiger charge is -2.07. The van der Waals surface area contributed by atoms with Gasteiger partial charge in [0.1, 0.15) is 5.75 Å². The van der Waals surface area contributed by atoms with Gasteiger partial charge in [-0.2, -0.15) is 0 Å². The number of carbonyl (C=O) groups excluding carboxylic acids is 1. The molecule has 0 saturated carbocycles. The van der Waals surface area contributed by atoms with Gasteiger partial charge in [0.2, 0.25) is 5.89 Å². The van der Waals surface area contributed by atoms with Crippen molar-refractivity contribution in [3.8, 4) is 17.2 Å². The molecule has 0 aliphatic heterocycles. The van der Waals surface area contributed by atoms with Gasteiger partial charge in [0.25, 0.3) is 5.91 Å². The van der Waals surface area contributed by atoms with Crippen LogP contribution in [0.5, 0.6) is 5.75 Å². The number of anilines is 1. The Kier molecular flexibility index (Phi) is 4.98. The molecule has 0 atom stereocenters. The topological polar surface area (TPSA) is 77.2 Å². The third-order valence-corrected chi connectivity index (χ3v) is 3.48. The molecule has 0 unspecified atom stereocenters. The van der Waals surface area contributed by atoms with Crippen molar-refractivity contribution in [3.63, 3.8) is 0 Å². The van der Waals surface area contributed by atoms with E-state index in [4.69, 9.17) is 32.4 Å². The molecule has 122 valence electrons. The van der Waals surface area contributed by atoms with Crippen LogP contribution in [-0.2, 0) is 4.79 Å². The smallest absolute Gasteiger partial charge is 0.322 e. The Hall–Kier alpha value is -2.57. The maximum absolute atomic E-state index is 11.9. The lowest BCUT2D eigenvalue weighted by atomic mass is 10.2. The highest BCUT2D eigenvalue weighted by Crippen LogP contribution is 2.27. The van der Waals surface area contributed by atoms with Crippen LogP contribution in [0.3, 0.4) is 0 Å². The number of carbonyl (C=O) groups is 1. The van der Waals surface area contributed by atoms with E-state index in [2.05, 4.69) is 15.5 Å². The molecule has 1 heterocycles. The van der Waals surface area contributed by atoms with E-state index in [1.54, 1.807) is 12.1 Å². The lowest BCUT2D eigenvalue weighted by molar-refractivity contribution is -0.118. The number of rotatable bonds is 5. The maximum atomic E-state index is 11.9. The van der Waals surface area contributed by atoms with Crippen LogP contribution in [0.2, 0.25) is 10.0 Å². The van der Waals surface area contributed by atoms with Crippen molar-refractivity contribution in [1.82, 2.24) is 10.2 Å². The van der Waals surface area contributed by atoms with Crippen LogP contribution in [-0.4, -0.2) is 22.7 Å². The van der Waals surface area contributed by atoms with Gasteiger partial charge in [0.05, 0.1) is 5.02 Å². The molecule has 0 spiro atoms. The second kappa shape index (κ2) is 7.33. The fourth-order valence-corrected chi connectivity index (χ4v) is 2.33. The van der Waals surface area contributed by atoms with E-state index >= 15 is 0 Å². The molecule has 1 aromatic heterocycles. The number of nitrogens with zero attached hydrogens (tertiary/aromatic N) is 2. The molecule has 1 amide bonds. The molecule has 2 aromatic carbocycles. The summed E-state index contributed by atoms with van der Waals surface area (Å²) in [6, 6.07) is 13.9. The normalized spacial score (nSPS) is 10.4. The fraction of sp³-hybridized carbons (Fsp3) is 0.0625. The first-order chi connectivity index (χ1) is 11.6. The van der Waals surface area contributed by atoms with Crippen molar-refractivity contribution in [2.75, 3.05) is 11.9 Å². The molecule has 0 saturated heterocycles.